The first-order chi connectivity index (χ1) is 34.8. The third kappa shape index (κ3) is 16.6. The minimum atomic E-state index is 0. The van der Waals surface area contributed by atoms with Crippen LogP contribution < -0.4 is 24.8 Å². The first kappa shape index (κ1) is 59.2. The van der Waals surface area contributed by atoms with Crippen LogP contribution in [0.2, 0.25) is 0 Å². The zero-order valence-electron chi connectivity index (χ0n) is 43.8. The van der Waals surface area contributed by atoms with Crippen molar-refractivity contribution in [2.45, 2.75) is 55.4 Å². The van der Waals surface area contributed by atoms with Crippen LogP contribution >= 0.6 is 0 Å². The number of hydrogen-bond acceptors (Lipinski definition) is 0. The summed E-state index contributed by atoms with van der Waals surface area (Å²) in [6, 6.07) is 85.8. The van der Waals surface area contributed by atoms with Gasteiger partial charge in [0.25, 0.3) is 0 Å². The molecule has 0 fully saturated rings. The molecule has 0 aliphatic carbocycles. The minimum absolute atomic E-state index is 0. The molecular weight excluding hydrogens is 1090 g/mol. The summed E-state index contributed by atoms with van der Waals surface area (Å²) in [5, 5.41) is 11.0. The SMILES string of the molecule is Cc1cc2c(C)cccc2[cH-]1.Cc1cc2c(C)cccc2[cH-]1.Cc1cc2c(C)cccc2[cH-]1.Cc1cc2c(C)cccc2[cH-]1.[Cl-].[Cl-].[Zr+2]=[C](c1ccccc1)c1ccccc1.[Zr+2]=[C](c1ccccc1)c1ccccc1. The molecule has 0 saturated carbocycles. The van der Waals surface area contributed by atoms with E-state index in [-0.39, 0.29) is 24.8 Å². The molecule has 0 radical (unpaired) electrons. The van der Waals surface area contributed by atoms with Gasteiger partial charge in [0.2, 0.25) is 0 Å². The maximum absolute atomic E-state index is 2.24. The molecule has 0 aliphatic rings. The topological polar surface area (TPSA) is 0 Å². The van der Waals surface area contributed by atoms with Crippen molar-refractivity contribution >= 4 is 49.5 Å². The molecule has 0 spiro atoms. The zero-order valence-corrected chi connectivity index (χ0v) is 50.3. The van der Waals surface area contributed by atoms with Crippen LogP contribution in [-0.4, -0.2) is 6.41 Å². The Balaban J connectivity index is 0.000000164. The van der Waals surface area contributed by atoms with Crippen molar-refractivity contribution in [1.29, 1.82) is 0 Å². The van der Waals surface area contributed by atoms with Gasteiger partial charge in [-0.2, -0.15) is 24.3 Å². The Morgan fingerprint density at radius 1 is 0.257 bits per heavy atom. The number of benzene rings is 8. The fourth-order valence-electron chi connectivity index (χ4n) is 8.92. The molecule has 74 heavy (non-hydrogen) atoms. The van der Waals surface area contributed by atoms with Crippen LogP contribution in [0.5, 0.6) is 0 Å². The molecule has 0 bridgehead atoms. The van der Waals surface area contributed by atoms with E-state index in [9.17, 15) is 0 Å². The molecule has 12 aromatic carbocycles. The van der Waals surface area contributed by atoms with Gasteiger partial charge in [-0.3, -0.25) is 0 Å². The van der Waals surface area contributed by atoms with Crippen molar-refractivity contribution < 1.29 is 73.3 Å². The van der Waals surface area contributed by atoms with E-state index in [2.05, 4.69) is 298 Å². The first-order valence-corrected chi connectivity index (χ1v) is 27.2. The molecule has 0 nitrogen and oxygen atoms in total. The van der Waals surface area contributed by atoms with E-state index in [1.807, 2.05) is 0 Å². The van der Waals surface area contributed by atoms with E-state index in [1.54, 1.807) is 0 Å². The summed E-state index contributed by atoms with van der Waals surface area (Å²) in [5.41, 5.74) is 16.2. The molecule has 0 N–H and O–H groups in total. The van der Waals surface area contributed by atoms with Gasteiger partial charge in [0.15, 0.2) is 0 Å². The molecule has 4 heteroatoms. The van der Waals surface area contributed by atoms with Gasteiger partial charge < -0.3 is 24.8 Å². The van der Waals surface area contributed by atoms with E-state index < -0.39 is 0 Å². The standard InChI is InChI=1S/2C13H10.4C11H11.2ClH.2Zr/c2*1-3-7-12(8-4-1)11-13-9-5-2-6-10-13;4*1-8-6-10-5-3-4-9(2)11(10)7-8;;;;/h2*1-10H;4*3-7H,1-2H3;2*1H;;/q;;4*-1;;;2*+2/p-2. The second-order valence-corrected chi connectivity index (χ2v) is 21.1. The quantitative estimate of drug-likeness (QED) is 0.154. The normalized spacial score (nSPS) is 10.1. The first-order valence-electron chi connectivity index (χ1n) is 24.7. The average molecular weight is 1160 g/mol. The van der Waals surface area contributed by atoms with Crippen molar-refractivity contribution in [3.63, 3.8) is 0 Å². The van der Waals surface area contributed by atoms with Crippen LogP contribution in [0.25, 0.3) is 43.1 Å². The van der Waals surface area contributed by atoms with Crippen molar-refractivity contribution in [2.24, 2.45) is 0 Å². The van der Waals surface area contributed by atoms with Crippen molar-refractivity contribution in [3.8, 4) is 0 Å². The summed E-state index contributed by atoms with van der Waals surface area (Å²) in [6.45, 7) is 17.2. The van der Waals surface area contributed by atoms with Crippen LogP contribution in [0.15, 0.2) is 243 Å². The summed E-state index contributed by atoms with van der Waals surface area (Å²) in [6.07, 6.45) is 0. The molecule has 368 valence electrons. The van der Waals surface area contributed by atoms with E-state index >= 15 is 0 Å². The summed E-state index contributed by atoms with van der Waals surface area (Å²) in [4.78, 5) is 0. The Hall–Kier alpha value is -5.71. The summed E-state index contributed by atoms with van der Waals surface area (Å²) < 4.78 is 2.83. The fraction of sp³-hybridized carbons (Fsp3) is 0.114. The Labute approximate surface area is 483 Å². The van der Waals surface area contributed by atoms with Gasteiger partial charge in [-0.25, -0.2) is 0 Å². The van der Waals surface area contributed by atoms with Gasteiger partial charge in [0.05, 0.1) is 0 Å². The van der Waals surface area contributed by atoms with Crippen molar-refractivity contribution in [2.75, 3.05) is 0 Å². The third-order valence-electron chi connectivity index (χ3n) is 12.7. The molecule has 12 rings (SSSR count). The Kier molecular flexibility index (Phi) is 23.5. The number of rotatable bonds is 4. The van der Waals surface area contributed by atoms with Gasteiger partial charge in [0.1, 0.15) is 0 Å². The van der Waals surface area contributed by atoms with Gasteiger partial charge in [0, 0.05) is 0 Å². The predicted octanol–water partition coefficient (Wildman–Crippen LogP) is 12.3. The molecule has 0 atom stereocenters. The van der Waals surface area contributed by atoms with Gasteiger partial charge >= 0.3 is 198 Å². The van der Waals surface area contributed by atoms with E-state index in [1.165, 1.54) is 165 Å². The van der Waals surface area contributed by atoms with E-state index in [4.69, 9.17) is 0 Å². The molecule has 0 aromatic heterocycles. The Bertz CT molecular complexity index is 3140. The maximum atomic E-state index is 2.24. The molecule has 0 unspecified atom stereocenters. The third-order valence-corrected chi connectivity index (χ3v) is 15.5. The number of halogens is 2. The summed E-state index contributed by atoms with van der Waals surface area (Å²) in [5.74, 6) is 0. The second kappa shape index (κ2) is 29.4. The van der Waals surface area contributed by atoms with Crippen LogP contribution in [0.1, 0.15) is 66.8 Å². The van der Waals surface area contributed by atoms with E-state index in [0.29, 0.717) is 0 Å². The van der Waals surface area contributed by atoms with E-state index in [0.717, 1.165) is 0 Å². The molecule has 0 amide bonds. The monoisotopic (exact) mass is 1150 g/mol. The van der Waals surface area contributed by atoms with Gasteiger partial charge in [-0.1, -0.05) is 74.2 Å². The molecule has 0 heterocycles. The fourth-order valence-corrected chi connectivity index (χ4v) is 10.6. The molecular formula is C70H64Cl2Zr2-2. The number of hydrogen-bond donors (Lipinski definition) is 0. The molecule has 0 saturated heterocycles. The Morgan fingerprint density at radius 3 is 0.622 bits per heavy atom. The second-order valence-electron chi connectivity index (χ2n) is 18.7. The number of aryl methyl sites for hydroxylation is 8. The molecule has 12 aromatic rings. The average Bonchev–Trinajstić information content (AvgIpc) is 4.20. The van der Waals surface area contributed by atoms with Crippen LogP contribution in [0.3, 0.4) is 0 Å². The molecule has 0 aliphatic heterocycles. The van der Waals surface area contributed by atoms with Gasteiger partial charge in [-0.15, -0.1) is 138 Å². The van der Waals surface area contributed by atoms with Crippen molar-refractivity contribution in [1.82, 2.24) is 0 Å². The predicted molar refractivity (Wildman–Crippen MR) is 308 cm³/mol. The summed E-state index contributed by atoms with van der Waals surface area (Å²) >= 11 is 2.92. The zero-order chi connectivity index (χ0) is 51.0. The van der Waals surface area contributed by atoms with Crippen molar-refractivity contribution in [3.05, 3.63) is 309 Å². The van der Waals surface area contributed by atoms with Gasteiger partial charge in [-0.05, 0) is 27.7 Å². The van der Waals surface area contributed by atoms with Crippen LogP contribution in [0.4, 0.5) is 0 Å². The summed E-state index contributed by atoms with van der Waals surface area (Å²) in [7, 11) is 0. The van der Waals surface area contributed by atoms with Crippen LogP contribution in [-0.2, 0) is 48.5 Å². The Morgan fingerprint density at radius 2 is 0.446 bits per heavy atom. The number of fused-ring (bicyclic) bond motifs is 4. The van der Waals surface area contributed by atoms with Crippen LogP contribution in [0, 0.1) is 55.4 Å².